The van der Waals surface area contributed by atoms with E-state index in [2.05, 4.69) is 4.74 Å². The molecule has 0 amide bonds. The molecule has 0 saturated heterocycles. The molecule has 12 heavy (non-hydrogen) atoms. The minimum absolute atomic E-state index is 0.307. The van der Waals surface area contributed by atoms with E-state index in [0.717, 1.165) is 6.42 Å². The summed E-state index contributed by atoms with van der Waals surface area (Å²) in [6, 6.07) is 0. The minimum Gasteiger partial charge on any atom is -0.450 e. The van der Waals surface area contributed by atoms with Gasteiger partial charge in [-0.1, -0.05) is 0 Å². The fraction of sp³-hybridized carbons (Fsp3) is 0.857. The van der Waals surface area contributed by atoms with Gasteiger partial charge in [-0.15, -0.1) is 23.2 Å². The van der Waals surface area contributed by atoms with Gasteiger partial charge in [0.25, 0.3) is 0 Å². The molecule has 72 valence electrons. The Kier molecular flexibility index (Phi) is 7.40. The number of rotatable bonds is 6. The molecule has 1 unspecified atom stereocenters. The van der Waals surface area contributed by atoms with Crippen LogP contribution in [0.25, 0.3) is 0 Å². The summed E-state index contributed by atoms with van der Waals surface area (Å²) >= 11 is 10.9. The van der Waals surface area contributed by atoms with E-state index in [-0.39, 0.29) is 6.10 Å². The molecule has 0 aliphatic carbocycles. The zero-order valence-electron chi connectivity index (χ0n) is 6.63. The number of ether oxygens (including phenoxy) is 1. The molecular weight excluding hydrogens is 203 g/mol. The predicted octanol–water partition coefficient (Wildman–Crippen LogP) is 2.70. The number of hydrogen-bond donors (Lipinski definition) is 1. The van der Waals surface area contributed by atoms with Crippen molar-refractivity contribution in [3.8, 4) is 0 Å². The standard InChI is InChI=1S/C7H12Cl2O3/c8-4-1-2-6(3-5-9)12-7(10)11/h6H,1-5H2,(H,10,11). The lowest BCUT2D eigenvalue weighted by Crippen LogP contribution is -2.17. The van der Waals surface area contributed by atoms with Crippen LogP contribution in [0.3, 0.4) is 0 Å². The quantitative estimate of drug-likeness (QED) is 0.547. The van der Waals surface area contributed by atoms with Crippen molar-refractivity contribution in [3.05, 3.63) is 0 Å². The summed E-state index contributed by atoms with van der Waals surface area (Å²) in [5, 5.41) is 8.31. The van der Waals surface area contributed by atoms with Gasteiger partial charge >= 0.3 is 6.16 Å². The summed E-state index contributed by atoms with van der Waals surface area (Å²) in [5.74, 6) is 0.919. The Labute approximate surface area is 81.6 Å². The van der Waals surface area contributed by atoms with Crippen LogP contribution in [-0.2, 0) is 4.74 Å². The van der Waals surface area contributed by atoms with Gasteiger partial charge in [-0.05, 0) is 19.3 Å². The minimum atomic E-state index is -1.25. The van der Waals surface area contributed by atoms with E-state index in [1.807, 2.05) is 0 Å². The first-order valence-corrected chi connectivity index (χ1v) is 4.79. The molecule has 0 fully saturated rings. The Hall–Kier alpha value is -0.150. The van der Waals surface area contributed by atoms with Crippen LogP contribution < -0.4 is 0 Å². The second-order valence-electron chi connectivity index (χ2n) is 2.31. The summed E-state index contributed by atoms with van der Waals surface area (Å²) in [4.78, 5) is 10.1. The molecule has 0 bridgehead atoms. The maximum absolute atomic E-state index is 10.1. The summed E-state index contributed by atoms with van der Waals surface area (Å²) in [5.41, 5.74) is 0. The first-order valence-electron chi connectivity index (χ1n) is 3.72. The van der Waals surface area contributed by atoms with Gasteiger partial charge < -0.3 is 9.84 Å². The van der Waals surface area contributed by atoms with Crippen molar-refractivity contribution in [3.63, 3.8) is 0 Å². The second kappa shape index (κ2) is 7.50. The van der Waals surface area contributed by atoms with Crippen LogP contribution in [0.1, 0.15) is 19.3 Å². The zero-order chi connectivity index (χ0) is 9.40. The highest BCUT2D eigenvalue weighted by Gasteiger charge is 2.11. The lowest BCUT2D eigenvalue weighted by Gasteiger charge is -2.13. The van der Waals surface area contributed by atoms with Gasteiger partial charge in [-0.3, -0.25) is 0 Å². The normalized spacial score (nSPS) is 12.5. The number of carboxylic acid groups (broad SMARTS) is 1. The maximum atomic E-state index is 10.1. The third-order valence-electron chi connectivity index (χ3n) is 1.36. The van der Waals surface area contributed by atoms with Gasteiger partial charge in [0.15, 0.2) is 0 Å². The molecule has 0 aliphatic heterocycles. The molecule has 0 aromatic rings. The number of carbonyl (C=O) groups is 1. The molecule has 0 spiro atoms. The molecule has 3 nitrogen and oxygen atoms in total. The van der Waals surface area contributed by atoms with Crippen molar-refractivity contribution in [1.82, 2.24) is 0 Å². The molecule has 0 aliphatic rings. The van der Waals surface area contributed by atoms with Crippen LogP contribution in [0.4, 0.5) is 4.79 Å². The summed E-state index contributed by atoms with van der Waals surface area (Å²) in [6.07, 6.45) is 0.377. The zero-order valence-corrected chi connectivity index (χ0v) is 8.14. The average molecular weight is 215 g/mol. The van der Waals surface area contributed by atoms with Crippen molar-refractivity contribution in [2.24, 2.45) is 0 Å². The third kappa shape index (κ3) is 6.55. The van der Waals surface area contributed by atoms with Gasteiger partial charge in [0.1, 0.15) is 6.10 Å². The second-order valence-corrected chi connectivity index (χ2v) is 3.07. The molecular formula is C7H12Cl2O3. The highest BCUT2D eigenvalue weighted by molar-refractivity contribution is 6.18. The first kappa shape index (κ1) is 11.8. The summed E-state index contributed by atoms with van der Waals surface area (Å²) in [6.45, 7) is 0. The van der Waals surface area contributed by atoms with E-state index in [4.69, 9.17) is 28.3 Å². The van der Waals surface area contributed by atoms with Crippen LogP contribution in [0.15, 0.2) is 0 Å². The fourth-order valence-electron chi connectivity index (χ4n) is 0.831. The van der Waals surface area contributed by atoms with Gasteiger partial charge in [0.05, 0.1) is 0 Å². The molecule has 0 rings (SSSR count). The van der Waals surface area contributed by atoms with E-state index in [0.29, 0.717) is 24.6 Å². The third-order valence-corrected chi connectivity index (χ3v) is 1.84. The predicted molar refractivity (Wildman–Crippen MR) is 48.2 cm³/mol. The molecule has 0 heterocycles. The Bertz CT molecular complexity index is 130. The lowest BCUT2D eigenvalue weighted by molar-refractivity contribution is 0.0468. The van der Waals surface area contributed by atoms with Crippen molar-refractivity contribution >= 4 is 29.4 Å². The van der Waals surface area contributed by atoms with E-state index in [1.165, 1.54) is 0 Å². The number of hydrogen-bond acceptors (Lipinski definition) is 2. The van der Waals surface area contributed by atoms with Crippen LogP contribution >= 0.6 is 23.2 Å². The number of alkyl halides is 2. The SMILES string of the molecule is O=C(O)OC(CCCl)CCCCl. The van der Waals surface area contributed by atoms with Crippen LogP contribution in [0.2, 0.25) is 0 Å². The largest absolute Gasteiger partial charge is 0.506 e. The Morgan fingerprint density at radius 3 is 2.42 bits per heavy atom. The van der Waals surface area contributed by atoms with Crippen molar-refractivity contribution in [1.29, 1.82) is 0 Å². The molecule has 0 radical (unpaired) electrons. The molecule has 0 aromatic carbocycles. The van der Waals surface area contributed by atoms with E-state index in [9.17, 15) is 4.79 Å². The Morgan fingerprint density at radius 2 is 2.00 bits per heavy atom. The first-order chi connectivity index (χ1) is 5.70. The van der Waals surface area contributed by atoms with E-state index in [1.54, 1.807) is 0 Å². The van der Waals surface area contributed by atoms with Crippen molar-refractivity contribution < 1.29 is 14.6 Å². The summed E-state index contributed by atoms with van der Waals surface area (Å²) < 4.78 is 4.57. The molecule has 1 N–H and O–H groups in total. The Morgan fingerprint density at radius 1 is 1.33 bits per heavy atom. The van der Waals surface area contributed by atoms with Gasteiger partial charge in [-0.2, -0.15) is 0 Å². The van der Waals surface area contributed by atoms with Gasteiger partial charge in [0.2, 0.25) is 0 Å². The van der Waals surface area contributed by atoms with E-state index >= 15 is 0 Å². The van der Waals surface area contributed by atoms with Gasteiger partial charge in [0, 0.05) is 11.8 Å². The lowest BCUT2D eigenvalue weighted by atomic mass is 10.2. The summed E-state index contributed by atoms with van der Waals surface area (Å²) in [7, 11) is 0. The average Bonchev–Trinajstić information content (AvgIpc) is 2.00. The topological polar surface area (TPSA) is 46.5 Å². The van der Waals surface area contributed by atoms with Crippen molar-refractivity contribution in [2.45, 2.75) is 25.4 Å². The number of halogens is 2. The fourth-order valence-corrected chi connectivity index (χ4v) is 1.23. The van der Waals surface area contributed by atoms with Gasteiger partial charge in [-0.25, -0.2) is 4.79 Å². The van der Waals surface area contributed by atoms with Crippen LogP contribution in [-0.4, -0.2) is 29.1 Å². The van der Waals surface area contributed by atoms with Crippen LogP contribution in [0.5, 0.6) is 0 Å². The maximum Gasteiger partial charge on any atom is 0.506 e. The smallest absolute Gasteiger partial charge is 0.450 e. The highest BCUT2D eigenvalue weighted by Crippen LogP contribution is 2.09. The highest BCUT2D eigenvalue weighted by atomic mass is 35.5. The molecule has 1 atom stereocenters. The van der Waals surface area contributed by atoms with E-state index < -0.39 is 6.16 Å². The molecule has 0 aromatic heterocycles. The Balaban J connectivity index is 3.61. The van der Waals surface area contributed by atoms with Crippen LogP contribution in [0, 0.1) is 0 Å². The molecule has 5 heteroatoms. The molecule has 0 saturated carbocycles. The van der Waals surface area contributed by atoms with Crippen molar-refractivity contribution in [2.75, 3.05) is 11.8 Å². The monoisotopic (exact) mass is 214 g/mol.